The van der Waals surface area contributed by atoms with E-state index in [4.69, 9.17) is 11.6 Å². The van der Waals surface area contributed by atoms with Gasteiger partial charge in [-0.2, -0.15) is 0 Å². The van der Waals surface area contributed by atoms with Gasteiger partial charge in [-0.1, -0.05) is 40.9 Å². The van der Waals surface area contributed by atoms with E-state index in [1.165, 1.54) is 19.3 Å². The van der Waals surface area contributed by atoms with Crippen molar-refractivity contribution in [1.82, 2.24) is 4.90 Å². The minimum Gasteiger partial charge on any atom is -0.303 e. The molecule has 1 aromatic rings. The lowest BCUT2D eigenvalue weighted by atomic mass is 9.95. The molecule has 0 amide bonds. The van der Waals surface area contributed by atoms with Crippen molar-refractivity contribution in [2.24, 2.45) is 5.92 Å². The van der Waals surface area contributed by atoms with E-state index in [9.17, 15) is 4.79 Å². The molecule has 1 aromatic carbocycles. The fourth-order valence-electron chi connectivity index (χ4n) is 2.80. The Kier molecular flexibility index (Phi) is 6.06. The van der Waals surface area contributed by atoms with Crippen molar-refractivity contribution in [3.05, 3.63) is 33.3 Å². The molecule has 1 saturated heterocycles. The summed E-state index contributed by atoms with van der Waals surface area (Å²) in [6, 6.07) is 5.45. The molecule has 110 valence electrons. The number of piperidine rings is 1. The maximum atomic E-state index is 12.2. The Bertz CT molecular complexity index is 478. The molecule has 0 spiro atoms. The topological polar surface area (TPSA) is 20.3 Å². The minimum absolute atomic E-state index is 0.140. The molecule has 0 aliphatic carbocycles. The van der Waals surface area contributed by atoms with Crippen molar-refractivity contribution < 1.29 is 4.79 Å². The largest absolute Gasteiger partial charge is 0.303 e. The zero-order chi connectivity index (χ0) is 14.5. The molecular formula is C16H21BrClNO. The fraction of sp³-hybridized carbons (Fsp3) is 0.562. The van der Waals surface area contributed by atoms with Crippen LogP contribution < -0.4 is 0 Å². The molecule has 1 unspecified atom stereocenters. The Morgan fingerprint density at radius 2 is 2.30 bits per heavy atom. The van der Waals surface area contributed by atoms with E-state index in [1.54, 1.807) is 12.1 Å². The second kappa shape index (κ2) is 7.58. The lowest BCUT2D eigenvalue weighted by Gasteiger charge is -2.32. The Hall–Kier alpha value is -0.380. The van der Waals surface area contributed by atoms with Crippen LogP contribution in [0.1, 0.15) is 43.0 Å². The van der Waals surface area contributed by atoms with Crippen LogP contribution in [-0.4, -0.2) is 30.3 Å². The molecule has 0 bridgehead atoms. The highest BCUT2D eigenvalue weighted by Crippen LogP contribution is 2.23. The number of hydrogen-bond donors (Lipinski definition) is 0. The third-order valence-electron chi connectivity index (χ3n) is 4.07. The van der Waals surface area contributed by atoms with E-state index in [1.807, 2.05) is 6.07 Å². The zero-order valence-corrected chi connectivity index (χ0v) is 14.2. The molecule has 2 rings (SSSR count). The van der Waals surface area contributed by atoms with Crippen LogP contribution in [0.3, 0.4) is 0 Å². The molecular weight excluding hydrogens is 338 g/mol. The SMILES string of the molecule is CCC1CCCN(CCC(=O)c2ccc(Br)cc2Cl)C1. The van der Waals surface area contributed by atoms with Gasteiger partial charge in [-0.25, -0.2) is 0 Å². The molecule has 4 heteroatoms. The number of hydrogen-bond acceptors (Lipinski definition) is 2. The van der Waals surface area contributed by atoms with E-state index in [-0.39, 0.29) is 5.78 Å². The minimum atomic E-state index is 0.140. The van der Waals surface area contributed by atoms with Gasteiger partial charge in [0.1, 0.15) is 0 Å². The van der Waals surface area contributed by atoms with Gasteiger partial charge in [-0.15, -0.1) is 0 Å². The standard InChI is InChI=1S/C16H21BrClNO/c1-2-12-4-3-8-19(11-12)9-7-16(20)14-6-5-13(17)10-15(14)18/h5-6,10,12H,2-4,7-9,11H2,1H3. The lowest BCUT2D eigenvalue weighted by Crippen LogP contribution is -2.36. The summed E-state index contributed by atoms with van der Waals surface area (Å²) in [4.78, 5) is 14.7. The molecule has 0 saturated carbocycles. The van der Waals surface area contributed by atoms with Gasteiger partial charge in [0.05, 0.1) is 5.02 Å². The molecule has 1 aliphatic rings. The average molecular weight is 359 g/mol. The first kappa shape index (κ1) is 16.0. The van der Waals surface area contributed by atoms with Gasteiger partial charge in [0.25, 0.3) is 0 Å². The van der Waals surface area contributed by atoms with E-state index in [2.05, 4.69) is 27.8 Å². The van der Waals surface area contributed by atoms with Gasteiger partial charge < -0.3 is 4.90 Å². The van der Waals surface area contributed by atoms with Crippen molar-refractivity contribution in [2.75, 3.05) is 19.6 Å². The van der Waals surface area contributed by atoms with Crippen LogP contribution in [0.4, 0.5) is 0 Å². The van der Waals surface area contributed by atoms with Crippen LogP contribution in [0.5, 0.6) is 0 Å². The first-order valence-corrected chi connectivity index (χ1v) is 8.48. The normalized spacial score (nSPS) is 20.1. The zero-order valence-electron chi connectivity index (χ0n) is 11.9. The Balaban J connectivity index is 1.88. The highest BCUT2D eigenvalue weighted by molar-refractivity contribution is 9.10. The monoisotopic (exact) mass is 357 g/mol. The average Bonchev–Trinajstić information content (AvgIpc) is 2.45. The van der Waals surface area contributed by atoms with Crippen LogP contribution >= 0.6 is 27.5 Å². The maximum absolute atomic E-state index is 12.2. The van der Waals surface area contributed by atoms with Crippen LogP contribution in [0.2, 0.25) is 5.02 Å². The van der Waals surface area contributed by atoms with Gasteiger partial charge in [0, 0.05) is 29.5 Å². The number of halogens is 2. The Morgan fingerprint density at radius 1 is 1.50 bits per heavy atom. The first-order chi connectivity index (χ1) is 9.60. The summed E-state index contributed by atoms with van der Waals surface area (Å²) in [5.74, 6) is 0.941. The number of rotatable bonds is 5. The smallest absolute Gasteiger partial charge is 0.165 e. The molecule has 1 fully saturated rings. The number of Topliss-reactive ketones (excluding diaryl/α,β-unsaturated/α-hetero) is 1. The maximum Gasteiger partial charge on any atom is 0.165 e. The van der Waals surface area contributed by atoms with Gasteiger partial charge in [0.15, 0.2) is 5.78 Å². The van der Waals surface area contributed by atoms with Gasteiger partial charge >= 0.3 is 0 Å². The lowest BCUT2D eigenvalue weighted by molar-refractivity contribution is 0.0945. The summed E-state index contributed by atoms with van der Waals surface area (Å²) in [5.41, 5.74) is 0.638. The van der Waals surface area contributed by atoms with Crippen molar-refractivity contribution in [3.8, 4) is 0 Å². The quantitative estimate of drug-likeness (QED) is 0.705. The molecule has 1 aliphatic heterocycles. The van der Waals surface area contributed by atoms with Crippen LogP contribution in [0.15, 0.2) is 22.7 Å². The number of nitrogens with zero attached hydrogens (tertiary/aromatic N) is 1. The summed E-state index contributed by atoms with van der Waals surface area (Å²) in [5, 5.41) is 0.537. The predicted octanol–water partition coefficient (Wildman–Crippen LogP) is 4.80. The van der Waals surface area contributed by atoms with E-state index < -0.39 is 0 Å². The van der Waals surface area contributed by atoms with Crippen molar-refractivity contribution in [3.63, 3.8) is 0 Å². The molecule has 2 nitrogen and oxygen atoms in total. The number of carbonyl (C=O) groups is 1. The van der Waals surface area contributed by atoms with Crippen LogP contribution in [-0.2, 0) is 0 Å². The Labute approximate surface area is 134 Å². The molecule has 0 radical (unpaired) electrons. The van der Waals surface area contributed by atoms with Crippen molar-refractivity contribution in [1.29, 1.82) is 0 Å². The fourth-order valence-corrected chi connectivity index (χ4v) is 3.58. The molecule has 20 heavy (non-hydrogen) atoms. The summed E-state index contributed by atoms with van der Waals surface area (Å²) in [6.07, 6.45) is 4.38. The van der Waals surface area contributed by atoms with Crippen LogP contribution in [0, 0.1) is 5.92 Å². The summed E-state index contributed by atoms with van der Waals surface area (Å²) in [7, 11) is 0. The third kappa shape index (κ3) is 4.31. The van der Waals surface area contributed by atoms with Gasteiger partial charge in [0.2, 0.25) is 0 Å². The summed E-state index contributed by atoms with van der Waals surface area (Å²) < 4.78 is 0.904. The highest BCUT2D eigenvalue weighted by atomic mass is 79.9. The molecule has 1 heterocycles. The number of likely N-dealkylation sites (tertiary alicyclic amines) is 1. The summed E-state index contributed by atoms with van der Waals surface area (Å²) in [6.45, 7) is 5.36. The number of benzene rings is 1. The third-order valence-corrected chi connectivity index (χ3v) is 4.87. The first-order valence-electron chi connectivity index (χ1n) is 7.30. The highest BCUT2D eigenvalue weighted by Gasteiger charge is 2.19. The van der Waals surface area contributed by atoms with E-state index in [0.29, 0.717) is 17.0 Å². The second-order valence-electron chi connectivity index (χ2n) is 5.51. The van der Waals surface area contributed by atoms with Gasteiger partial charge in [-0.3, -0.25) is 4.79 Å². The summed E-state index contributed by atoms with van der Waals surface area (Å²) >= 11 is 9.48. The molecule has 0 aromatic heterocycles. The number of ketones is 1. The predicted molar refractivity (Wildman–Crippen MR) is 87.6 cm³/mol. The molecule has 1 atom stereocenters. The van der Waals surface area contributed by atoms with E-state index in [0.717, 1.165) is 30.0 Å². The molecule has 0 N–H and O–H groups in total. The second-order valence-corrected chi connectivity index (χ2v) is 6.84. The Morgan fingerprint density at radius 3 is 3.00 bits per heavy atom. The van der Waals surface area contributed by atoms with E-state index >= 15 is 0 Å². The van der Waals surface area contributed by atoms with Crippen molar-refractivity contribution >= 4 is 33.3 Å². The van der Waals surface area contributed by atoms with Gasteiger partial charge in [-0.05, 0) is 43.5 Å². The van der Waals surface area contributed by atoms with Crippen molar-refractivity contribution in [2.45, 2.75) is 32.6 Å². The van der Waals surface area contributed by atoms with Crippen LogP contribution in [0.25, 0.3) is 0 Å². The number of carbonyl (C=O) groups excluding carboxylic acids is 1.